The molecule has 1 amide bonds. The van der Waals surface area contributed by atoms with Gasteiger partial charge in [-0.25, -0.2) is 0 Å². The summed E-state index contributed by atoms with van der Waals surface area (Å²) in [7, 11) is 0. The Morgan fingerprint density at radius 2 is 2.47 bits per heavy atom. The Bertz CT molecular complexity index is 504. The highest BCUT2D eigenvalue weighted by molar-refractivity contribution is 5.97. The number of aryl methyl sites for hydroxylation is 1. The van der Waals surface area contributed by atoms with Gasteiger partial charge in [-0.15, -0.1) is 0 Å². The van der Waals surface area contributed by atoms with Crippen molar-refractivity contribution in [2.45, 2.75) is 20.0 Å². The van der Waals surface area contributed by atoms with Gasteiger partial charge in [0.2, 0.25) is 6.39 Å². The van der Waals surface area contributed by atoms with E-state index in [1.54, 1.807) is 0 Å². The third-order valence-corrected chi connectivity index (χ3v) is 2.20. The minimum atomic E-state index is -0.313. The number of carbonyl (C=O) groups excluding carboxylic acids is 1. The number of rotatable bonds is 4. The molecule has 2 heterocycles. The van der Waals surface area contributed by atoms with Crippen LogP contribution in [0.4, 0.5) is 5.69 Å². The number of nitrogens with one attached hydrogen (secondary N) is 1. The smallest absolute Gasteiger partial charge is 0.272 e. The number of carbonyl (C=O) groups is 1. The maximum Gasteiger partial charge on any atom is 0.272 e. The first kappa shape index (κ1) is 11.1. The molecule has 8 nitrogen and oxygen atoms in total. The van der Waals surface area contributed by atoms with Gasteiger partial charge >= 0.3 is 0 Å². The molecule has 0 aliphatic heterocycles. The van der Waals surface area contributed by atoms with Gasteiger partial charge in [0.05, 0.1) is 18.4 Å². The molecule has 0 aromatic carbocycles. The maximum absolute atomic E-state index is 11.9. The molecule has 0 saturated heterocycles. The average molecular weight is 236 g/mol. The van der Waals surface area contributed by atoms with Crippen LogP contribution in [0, 0.1) is 0 Å². The van der Waals surface area contributed by atoms with Crippen LogP contribution in [0.5, 0.6) is 0 Å². The van der Waals surface area contributed by atoms with Crippen molar-refractivity contribution in [2.24, 2.45) is 0 Å². The van der Waals surface area contributed by atoms with Gasteiger partial charge in [0.15, 0.2) is 5.82 Å². The predicted octanol–water partition coefficient (Wildman–Crippen LogP) is -0.202. The minimum absolute atomic E-state index is 0.184. The van der Waals surface area contributed by atoms with Crippen LogP contribution < -0.4 is 11.1 Å². The largest absolute Gasteiger partial charge is 0.396 e. The molecule has 0 unspecified atom stereocenters. The highest BCUT2D eigenvalue weighted by Crippen LogP contribution is 2.10. The molecule has 0 radical (unpaired) electrons. The monoisotopic (exact) mass is 236 g/mol. The van der Waals surface area contributed by atoms with Crippen molar-refractivity contribution in [2.75, 3.05) is 5.73 Å². The number of hydrogen-bond acceptors (Lipinski definition) is 6. The molecule has 2 aromatic rings. The van der Waals surface area contributed by atoms with E-state index in [0.717, 1.165) is 0 Å². The van der Waals surface area contributed by atoms with Crippen LogP contribution in [-0.2, 0) is 13.1 Å². The first-order chi connectivity index (χ1) is 8.22. The molecule has 0 aliphatic carbocycles. The second-order valence-electron chi connectivity index (χ2n) is 3.29. The number of hydrogen-bond donors (Lipinski definition) is 2. The van der Waals surface area contributed by atoms with Gasteiger partial charge in [0.25, 0.3) is 5.91 Å². The molecule has 0 saturated carbocycles. The standard InChI is InChI=1S/C9H12N6O2/c1-2-15-8(6(10)3-13-15)9(16)11-4-7-12-5-17-14-7/h3,5H,2,4,10H2,1H3,(H,11,16). The van der Waals surface area contributed by atoms with Gasteiger partial charge in [0, 0.05) is 6.54 Å². The van der Waals surface area contributed by atoms with E-state index in [2.05, 4.69) is 25.1 Å². The van der Waals surface area contributed by atoms with E-state index in [9.17, 15) is 4.79 Å². The molecular formula is C9H12N6O2. The van der Waals surface area contributed by atoms with Gasteiger partial charge in [-0.2, -0.15) is 10.1 Å². The highest BCUT2D eigenvalue weighted by atomic mass is 16.5. The summed E-state index contributed by atoms with van der Waals surface area (Å²) in [5, 5.41) is 10.2. The Morgan fingerprint density at radius 1 is 1.65 bits per heavy atom. The summed E-state index contributed by atoms with van der Waals surface area (Å²) in [5.41, 5.74) is 6.36. The molecule has 2 rings (SSSR count). The summed E-state index contributed by atoms with van der Waals surface area (Å²) in [4.78, 5) is 15.7. The zero-order chi connectivity index (χ0) is 12.3. The first-order valence-corrected chi connectivity index (χ1v) is 5.07. The topological polar surface area (TPSA) is 112 Å². The maximum atomic E-state index is 11.9. The number of nitrogen functional groups attached to an aromatic ring is 1. The zero-order valence-corrected chi connectivity index (χ0v) is 9.25. The SMILES string of the molecule is CCn1ncc(N)c1C(=O)NCc1ncon1. The van der Waals surface area contributed by atoms with E-state index in [4.69, 9.17) is 5.73 Å². The number of nitrogens with zero attached hydrogens (tertiary/aromatic N) is 4. The molecular weight excluding hydrogens is 224 g/mol. The number of anilines is 1. The van der Waals surface area contributed by atoms with E-state index in [1.165, 1.54) is 17.3 Å². The Labute approximate surface area is 96.8 Å². The molecule has 0 aliphatic rings. The molecule has 17 heavy (non-hydrogen) atoms. The van der Waals surface area contributed by atoms with E-state index in [-0.39, 0.29) is 12.5 Å². The van der Waals surface area contributed by atoms with Crippen LogP contribution in [0.3, 0.4) is 0 Å². The fraction of sp³-hybridized carbons (Fsp3) is 0.333. The van der Waals surface area contributed by atoms with Crippen molar-refractivity contribution in [3.63, 3.8) is 0 Å². The van der Waals surface area contributed by atoms with Crippen LogP contribution in [0.15, 0.2) is 17.1 Å². The van der Waals surface area contributed by atoms with E-state index in [0.29, 0.717) is 23.8 Å². The third-order valence-electron chi connectivity index (χ3n) is 2.20. The van der Waals surface area contributed by atoms with Gasteiger partial charge in [-0.3, -0.25) is 9.48 Å². The summed E-state index contributed by atoms with van der Waals surface area (Å²) >= 11 is 0. The minimum Gasteiger partial charge on any atom is -0.396 e. The Morgan fingerprint density at radius 3 is 3.12 bits per heavy atom. The Kier molecular flexibility index (Phi) is 3.03. The van der Waals surface area contributed by atoms with Crippen LogP contribution in [-0.4, -0.2) is 25.8 Å². The normalized spacial score (nSPS) is 10.4. The van der Waals surface area contributed by atoms with Crippen molar-refractivity contribution < 1.29 is 9.32 Å². The Hall–Kier alpha value is -2.38. The van der Waals surface area contributed by atoms with E-state index in [1.807, 2.05) is 6.92 Å². The fourth-order valence-electron chi connectivity index (χ4n) is 1.40. The molecule has 0 fully saturated rings. The lowest BCUT2D eigenvalue weighted by molar-refractivity contribution is 0.0940. The summed E-state index contributed by atoms with van der Waals surface area (Å²) in [6, 6.07) is 0. The molecule has 0 atom stereocenters. The van der Waals surface area contributed by atoms with Gasteiger partial charge in [-0.05, 0) is 6.92 Å². The third kappa shape index (κ3) is 2.25. The molecule has 8 heteroatoms. The summed E-state index contributed by atoms with van der Waals surface area (Å²) in [6.45, 7) is 2.63. The van der Waals surface area contributed by atoms with Crippen molar-refractivity contribution in [3.8, 4) is 0 Å². The van der Waals surface area contributed by atoms with Crippen LogP contribution in [0.1, 0.15) is 23.2 Å². The molecule has 3 N–H and O–H groups in total. The lowest BCUT2D eigenvalue weighted by Gasteiger charge is -2.05. The predicted molar refractivity (Wildman–Crippen MR) is 57.8 cm³/mol. The molecule has 0 bridgehead atoms. The Balaban J connectivity index is 2.06. The lowest BCUT2D eigenvalue weighted by Crippen LogP contribution is -2.27. The van der Waals surface area contributed by atoms with Crippen molar-refractivity contribution in [1.29, 1.82) is 0 Å². The summed E-state index contributed by atoms with van der Waals surface area (Å²) < 4.78 is 6.08. The summed E-state index contributed by atoms with van der Waals surface area (Å²) in [5.74, 6) is 0.0890. The zero-order valence-electron chi connectivity index (χ0n) is 9.25. The lowest BCUT2D eigenvalue weighted by atomic mass is 10.3. The van der Waals surface area contributed by atoms with Crippen molar-refractivity contribution in [1.82, 2.24) is 25.2 Å². The van der Waals surface area contributed by atoms with Crippen molar-refractivity contribution in [3.05, 3.63) is 24.1 Å². The second kappa shape index (κ2) is 4.64. The quantitative estimate of drug-likeness (QED) is 0.760. The van der Waals surface area contributed by atoms with Gasteiger partial charge < -0.3 is 15.6 Å². The average Bonchev–Trinajstić information content (AvgIpc) is 2.94. The van der Waals surface area contributed by atoms with Crippen LogP contribution in [0.25, 0.3) is 0 Å². The first-order valence-electron chi connectivity index (χ1n) is 5.07. The molecule has 90 valence electrons. The van der Waals surface area contributed by atoms with Gasteiger partial charge in [-0.1, -0.05) is 5.16 Å². The molecule has 0 spiro atoms. The van der Waals surface area contributed by atoms with Gasteiger partial charge in [0.1, 0.15) is 5.69 Å². The summed E-state index contributed by atoms with van der Waals surface area (Å²) in [6.07, 6.45) is 2.65. The number of amides is 1. The number of aromatic nitrogens is 4. The highest BCUT2D eigenvalue weighted by Gasteiger charge is 2.16. The number of nitrogens with two attached hydrogens (primary N) is 1. The van der Waals surface area contributed by atoms with E-state index < -0.39 is 0 Å². The second-order valence-corrected chi connectivity index (χ2v) is 3.29. The van der Waals surface area contributed by atoms with E-state index >= 15 is 0 Å². The fourth-order valence-corrected chi connectivity index (χ4v) is 1.40. The molecule has 2 aromatic heterocycles. The van der Waals surface area contributed by atoms with Crippen LogP contribution >= 0.6 is 0 Å². The van der Waals surface area contributed by atoms with Crippen molar-refractivity contribution >= 4 is 11.6 Å². The van der Waals surface area contributed by atoms with Crippen LogP contribution in [0.2, 0.25) is 0 Å².